The van der Waals surface area contributed by atoms with E-state index < -0.39 is 29.0 Å². The van der Waals surface area contributed by atoms with Crippen molar-refractivity contribution in [1.29, 1.82) is 0 Å². The minimum atomic E-state index is -4.68. The van der Waals surface area contributed by atoms with Crippen LogP contribution in [0.4, 0.5) is 13.2 Å². The van der Waals surface area contributed by atoms with Crippen molar-refractivity contribution in [3.05, 3.63) is 35.9 Å². The Labute approximate surface area is 140 Å². The fourth-order valence-electron chi connectivity index (χ4n) is 4.33. The summed E-state index contributed by atoms with van der Waals surface area (Å²) in [6.07, 6.45) is -2.64. The van der Waals surface area contributed by atoms with Gasteiger partial charge in [-0.2, -0.15) is 13.2 Å². The minimum Gasteiger partial charge on any atom is -0.468 e. The Morgan fingerprint density at radius 1 is 1.21 bits per heavy atom. The molecule has 0 spiro atoms. The van der Waals surface area contributed by atoms with Crippen molar-refractivity contribution in [2.75, 3.05) is 7.11 Å². The minimum absolute atomic E-state index is 0.0409. The number of esters is 1. The molecule has 0 bridgehead atoms. The van der Waals surface area contributed by atoms with Crippen molar-refractivity contribution >= 4 is 5.97 Å². The van der Waals surface area contributed by atoms with Crippen molar-refractivity contribution in [3.8, 4) is 0 Å². The normalized spacial score (nSPS) is 21.1. The molecule has 6 heteroatoms. The second-order valence-electron chi connectivity index (χ2n) is 6.47. The SMILES string of the molecule is CCC(N)(C(=O)OC)C(c1ccccc1)(C1CCCC1)C(F)(F)F. The van der Waals surface area contributed by atoms with Crippen LogP contribution >= 0.6 is 0 Å². The molecule has 1 aliphatic carbocycles. The average Bonchev–Trinajstić information content (AvgIpc) is 3.08. The van der Waals surface area contributed by atoms with Crippen LogP contribution in [0, 0.1) is 5.92 Å². The summed E-state index contributed by atoms with van der Waals surface area (Å²) < 4.78 is 48.5. The highest BCUT2D eigenvalue weighted by molar-refractivity contribution is 5.83. The summed E-state index contributed by atoms with van der Waals surface area (Å²) in [5.74, 6) is -1.76. The summed E-state index contributed by atoms with van der Waals surface area (Å²) in [6, 6.07) is 7.61. The van der Waals surface area contributed by atoms with Crippen LogP contribution in [-0.4, -0.2) is 24.8 Å². The molecule has 0 amide bonds. The number of carbonyl (C=O) groups excluding carboxylic acids is 1. The van der Waals surface area contributed by atoms with E-state index in [-0.39, 0.29) is 12.0 Å². The molecule has 2 N–H and O–H groups in total. The predicted molar refractivity (Wildman–Crippen MR) is 85.4 cm³/mol. The lowest BCUT2D eigenvalue weighted by Gasteiger charge is -2.51. The summed E-state index contributed by atoms with van der Waals surface area (Å²) in [5.41, 5.74) is 1.65. The van der Waals surface area contributed by atoms with Gasteiger partial charge in [0.25, 0.3) is 0 Å². The van der Waals surface area contributed by atoms with E-state index in [2.05, 4.69) is 0 Å². The highest BCUT2D eigenvalue weighted by Gasteiger charge is 2.72. The van der Waals surface area contributed by atoms with Crippen LogP contribution in [0.1, 0.15) is 44.6 Å². The Bertz CT molecular complexity index is 569. The average molecular weight is 343 g/mol. The topological polar surface area (TPSA) is 52.3 Å². The van der Waals surface area contributed by atoms with Gasteiger partial charge in [0.05, 0.1) is 7.11 Å². The molecule has 0 aromatic heterocycles. The van der Waals surface area contributed by atoms with Crippen LogP contribution in [0.2, 0.25) is 0 Å². The van der Waals surface area contributed by atoms with Gasteiger partial charge in [0.15, 0.2) is 0 Å². The molecule has 0 radical (unpaired) electrons. The zero-order valence-corrected chi connectivity index (χ0v) is 14.0. The fraction of sp³-hybridized carbons (Fsp3) is 0.611. The molecule has 134 valence electrons. The van der Waals surface area contributed by atoms with E-state index >= 15 is 0 Å². The van der Waals surface area contributed by atoms with Gasteiger partial charge in [-0.15, -0.1) is 0 Å². The van der Waals surface area contributed by atoms with Crippen molar-refractivity contribution in [2.45, 2.75) is 56.2 Å². The van der Waals surface area contributed by atoms with Gasteiger partial charge in [-0.1, -0.05) is 50.1 Å². The molecule has 1 saturated carbocycles. The first-order chi connectivity index (χ1) is 11.3. The van der Waals surface area contributed by atoms with Crippen molar-refractivity contribution in [3.63, 3.8) is 0 Å². The maximum Gasteiger partial charge on any atom is 0.401 e. The molecule has 1 aromatic carbocycles. The third-order valence-corrected chi connectivity index (χ3v) is 5.45. The number of hydrogen-bond acceptors (Lipinski definition) is 3. The molecule has 24 heavy (non-hydrogen) atoms. The van der Waals surface area contributed by atoms with E-state index in [0.29, 0.717) is 25.7 Å². The summed E-state index contributed by atoms with van der Waals surface area (Å²) in [5, 5.41) is 0. The standard InChI is InChI=1S/C18H24F3NO2/c1-3-16(22,15(23)24-2)17(18(19,20)21,14-11-7-8-12-14)13-9-5-4-6-10-13/h4-6,9-10,14H,3,7-8,11-12,22H2,1-2H3. The van der Waals surface area contributed by atoms with Gasteiger partial charge in [-0.25, -0.2) is 0 Å². The zero-order chi connectivity index (χ0) is 18.0. The number of ether oxygens (including phenoxy) is 1. The molecule has 0 heterocycles. The summed E-state index contributed by atoms with van der Waals surface area (Å²) in [7, 11) is 1.08. The second kappa shape index (κ2) is 6.75. The van der Waals surface area contributed by atoms with Gasteiger partial charge in [-0.3, -0.25) is 4.79 Å². The van der Waals surface area contributed by atoms with Crippen LogP contribution in [0.15, 0.2) is 30.3 Å². The third kappa shape index (κ3) is 2.61. The largest absolute Gasteiger partial charge is 0.468 e. The van der Waals surface area contributed by atoms with Gasteiger partial charge in [0, 0.05) is 0 Å². The molecular formula is C18H24F3NO2. The number of benzene rings is 1. The molecular weight excluding hydrogens is 319 g/mol. The van der Waals surface area contributed by atoms with Crippen molar-refractivity contribution in [2.24, 2.45) is 11.7 Å². The van der Waals surface area contributed by atoms with Crippen LogP contribution in [0.5, 0.6) is 0 Å². The summed E-state index contributed by atoms with van der Waals surface area (Å²) >= 11 is 0. The van der Waals surface area contributed by atoms with Crippen LogP contribution in [-0.2, 0) is 14.9 Å². The maximum atomic E-state index is 14.6. The van der Waals surface area contributed by atoms with E-state index in [9.17, 15) is 18.0 Å². The van der Waals surface area contributed by atoms with Gasteiger partial charge in [0.1, 0.15) is 11.0 Å². The molecule has 2 rings (SSSR count). The van der Waals surface area contributed by atoms with Crippen LogP contribution in [0.25, 0.3) is 0 Å². The van der Waals surface area contributed by atoms with E-state index in [4.69, 9.17) is 10.5 Å². The van der Waals surface area contributed by atoms with E-state index in [0.717, 1.165) is 7.11 Å². The van der Waals surface area contributed by atoms with Gasteiger partial charge < -0.3 is 10.5 Å². The first-order valence-electron chi connectivity index (χ1n) is 8.25. The lowest BCUT2D eigenvalue weighted by molar-refractivity contribution is -0.233. The lowest BCUT2D eigenvalue weighted by Crippen LogP contribution is -2.71. The molecule has 1 aromatic rings. The Kier molecular flexibility index (Phi) is 5.28. The number of rotatable bonds is 5. The molecule has 3 nitrogen and oxygen atoms in total. The smallest absolute Gasteiger partial charge is 0.401 e. The number of halogens is 3. The quantitative estimate of drug-likeness (QED) is 0.824. The van der Waals surface area contributed by atoms with Gasteiger partial charge >= 0.3 is 12.1 Å². The molecule has 1 fully saturated rings. The summed E-state index contributed by atoms with van der Waals surface area (Å²) in [6.45, 7) is 1.51. The van der Waals surface area contributed by atoms with Crippen LogP contribution in [0.3, 0.4) is 0 Å². The number of methoxy groups -OCH3 is 1. The number of carbonyl (C=O) groups is 1. The Morgan fingerprint density at radius 3 is 2.17 bits per heavy atom. The summed E-state index contributed by atoms with van der Waals surface area (Å²) in [4.78, 5) is 12.4. The maximum absolute atomic E-state index is 14.6. The van der Waals surface area contributed by atoms with Crippen molar-refractivity contribution in [1.82, 2.24) is 0 Å². The van der Waals surface area contributed by atoms with E-state index in [1.54, 1.807) is 18.2 Å². The first kappa shape index (κ1) is 18.8. The van der Waals surface area contributed by atoms with Crippen LogP contribution < -0.4 is 5.73 Å². The Morgan fingerprint density at radius 2 is 1.75 bits per heavy atom. The first-order valence-corrected chi connectivity index (χ1v) is 8.25. The highest BCUT2D eigenvalue weighted by atomic mass is 19.4. The monoisotopic (exact) mass is 343 g/mol. The van der Waals surface area contributed by atoms with Crippen molar-refractivity contribution < 1.29 is 22.7 Å². The predicted octanol–water partition coefficient (Wildman–Crippen LogP) is 3.96. The number of alkyl halides is 3. The van der Waals surface area contributed by atoms with E-state index in [1.165, 1.54) is 19.1 Å². The molecule has 0 saturated heterocycles. The molecule has 2 atom stereocenters. The fourth-order valence-corrected chi connectivity index (χ4v) is 4.33. The Hall–Kier alpha value is -1.56. The molecule has 0 aliphatic heterocycles. The third-order valence-electron chi connectivity index (χ3n) is 5.45. The molecule has 1 aliphatic rings. The van der Waals surface area contributed by atoms with Gasteiger partial charge in [0.2, 0.25) is 0 Å². The zero-order valence-electron chi connectivity index (χ0n) is 14.0. The lowest BCUT2D eigenvalue weighted by atomic mass is 9.56. The Balaban J connectivity index is 2.83. The molecule has 2 unspecified atom stereocenters. The second-order valence-corrected chi connectivity index (χ2v) is 6.47. The van der Waals surface area contributed by atoms with Gasteiger partial charge in [-0.05, 0) is 30.7 Å². The number of hydrogen-bond donors (Lipinski definition) is 1. The van der Waals surface area contributed by atoms with E-state index in [1.807, 2.05) is 0 Å². The number of nitrogens with two attached hydrogens (primary N) is 1. The highest BCUT2D eigenvalue weighted by Crippen LogP contribution is 2.58.